The maximum atomic E-state index is 11.9. The number of carbonyl (C=O) groups excluding carboxylic acids is 3. The number of halogens is 1. The van der Waals surface area contributed by atoms with Crippen LogP contribution >= 0.6 is 11.6 Å². The lowest BCUT2D eigenvalue weighted by molar-refractivity contribution is -0.129. The Kier molecular flexibility index (Phi) is 7.63. The lowest BCUT2D eigenvalue weighted by Gasteiger charge is -2.09. The molecule has 0 radical (unpaired) electrons. The molecule has 8 heteroatoms. The molecule has 2 aromatic rings. The molecular weight excluding hydrogens is 370 g/mol. The van der Waals surface area contributed by atoms with Crippen molar-refractivity contribution in [2.24, 2.45) is 0 Å². The van der Waals surface area contributed by atoms with Crippen molar-refractivity contribution in [1.82, 2.24) is 10.9 Å². The zero-order valence-electron chi connectivity index (χ0n) is 14.8. The number of para-hydroxylation sites is 1. The molecule has 0 saturated heterocycles. The first-order chi connectivity index (χ1) is 13.0. The van der Waals surface area contributed by atoms with Crippen LogP contribution in [-0.4, -0.2) is 24.8 Å². The van der Waals surface area contributed by atoms with Crippen molar-refractivity contribution in [1.29, 1.82) is 0 Å². The first-order valence-corrected chi connectivity index (χ1v) is 8.60. The number of ether oxygens (including phenoxy) is 1. The number of hydrogen-bond donors (Lipinski definition) is 3. The van der Waals surface area contributed by atoms with E-state index in [0.29, 0.717) is 16.5 Å². The number of hydrogen-bond acceptors (Lipinski definition) is 4. The van der Waals surface area contributed by atoms with Crippen molar-refractivity contribution in [3.63, 3.8) is 0 Å². The van der Waals surface area contributed by atoms with Gasteiger partial charge in [0.1, 0.15) is 5.75 Å². The van der Waals surface area contributed by atoms with Crippen LogP contribution in [0.1, 0.15) is 18.4 Å². The van der Waals surface area contributed by atoms with E-state index in [2.05, 4.69) is 16.2 Å². The molecule has 0 aromatic heterocycles. The number of amides is 3. The second kappa shape index (κ2) is 10.2. The van der Waals surface area contributed by atoms with Crippen molar-refractivity contribution in [2.45, 2.75) is 19.3 Å². The smallest absolute Gasteiger partial charge is 0.242 e. The molecule has 0 aliphatic rings. The zero-order valence-corrected chi connectivity index (χ0v) is 15.5. The molecule has 0 heterocycles. The monoisotopic (exact) mass is 389 g/mol. The van der Waals surface area contributed by atoms with Gasteiger partial charge in [0.25, 0.3) is 0 Å². The van der Waals surface area contributed by atoms with Crippen LogP contribution in [0.15, 0.2) is 48.5 Å². The molecule has 7 nitrogen and oxygen atoms in total. The van der Waals surface area contributed by atoms with E-state index in [1.54, 1.807) is 55.6 Å². The highest BCUT2D eigenvalue weighted by molar-refractivity contribution is 6.33. The molecule has 2 aromatic carbocycles. The largest absolute Gasteiger partial charge is 0.497 e. The quantitative estimate of drug-likeness (QED) is 0.634. The fourth-order valence-corrected chi connectivity index (χ4v) is 2.36. The summed E-state index contributed by atoms with van der Waals surface area (Å²) in [7, 11) is 1.56. The first kappa shape index (κ1) is 20.3. The van der Waals surface area contributed by atoms with Crippen LogP contribution in [-0.2, 0) is 20.8 Å². The minimum Gasteiger partial charge on any atom is -0.497 e. The summed E-state index contributed by atoms with van der Waals surface area (Å²) < 4.78 is 5.05. The predicted octanol–water partition coefficient (Wildman–Crippen LogP) is 2.46. The molecule has 3 N–H and O–H groups in total. The molecule has 0 atom stereocenters. The normalized spacial score (nSPS) is 10.0. The average molecular weight is 390 g/mol. The van der Waals surface area contributed by atoms with Gasteiger partial charge in [0, 0.05) is 12.8 Å². The standard InChI is InChI=1S/C19H20ClN3O4/c1-27-14-8-6-13(7-9-14)12-19(26)23-22-18(25)11-10-17(24)21-16-5-3-2-4-15(16)20/h2-9H,10-12H2,1H3,(H,21,24)(H,22,25)(H,23,26). The highest BCUT2D eigenvalue weighted by Crippen LogP contribution is 2.20. The van der Waals surface area contributed by atoms with Crippen LogP contribution in [0.2, 0.25) is 5.02 Å². The molecule has 3 amide bonds. The van der Waals surface area contributed by atoms with Gasteiger partial charge in [0.2, 0.25) is 17.7 Å². The van der Waals surface area contributed by atoms with Gasteiger partial charge in [0.05, 0.1) is 24.2 Å². The summed E-state index contributed by atoms with van der Waals surface area (Å²) in [4.78, 5) is 35.4. The molecule has 0 unspecified atom stereocenters. The SMILES string of the molecule is COc1ccc(CC(=O)NNC(=O)CCC(=O)Nc2ccccc2Cl)cc1. The van der Waals surface area contributed by atoms with Gasteiger partial charge in [-0.15, -0.1) is 0 Å². The molecule has 0 saturated carbocycles. The molecule has 0 aliphatic heterocycles. The van der Waals surface area contributed by atoms with Crippen LogP contribution in [0, 0.1) is 0 Å². The third-order valence-corrected chi connectivity index (χ3v) is 3.92. The topological polar surface area (TPSA) is 96.5 Å². The summed E-state index contributed by atoms with van der Waals surface area (Å²) in [6, 6.07) is 13.8. The number of hydrazine groups is 1. The van der Waals surface area contributed by atoms with E-state index in [9.17, 15) is 14.4 Å². The third-order valence-electron chi connectivity index (χ3n) is 3.59. The number of rotatable bonds is 7. The Morgan fingerprint density at radius 1 is 0.889 bits per heavy atom. The van der Waals surface area contributed by atoms with Crippen LogP contribution in [0.25, 0.3) is 0 Å². The maximum Gasteiger partial charge on any atom is 0.242 e. The van der Waals surface area contributed by atoms with Crippen LogP contribution in [0.5, 0.6) is 5.75 Å². The molecule has 0 spiro atoms. The van der Waals surface area contributed by atoms with E-state index in [1.165, 1.54) is 0 Å². The number of benzene rings is 2. The molecule has 27 heavy (non-hydrogen) atoms. The Balaban J connectivity index is 1.68. The maximum absolute atomic E-state index is 11.9. The zero-order chi connectivity index (χ0) is 19.6. The summed E-state index contributed by atoms with van der Waals surface area (Å²) in [5.74, 6) is -0.480. The van der Waals surface area contributed by atoms with Crippen molar-refractivity contribution < 1.29 is 19.1 Å². The molecule has 0 fully saturated rings. The average Bonchev–Trinajstić information content (AvgIpc) is 2.67. The third kappa shape index (κ3) is 6.99. The van der Waals surface area contributed by atoms with E-state index in [4.69, 9.17) is 16.3 Å². The fraction of sp³-hybridized carbons (Fsp3) is 0.211. The van der Waals surface area contributed by atoms with Crippen LogP contribution < -0.4 is 20.9 Å². The van der Waals surface area contributed by atoms with Crippen LogP contribution in [0.3, 0.4) is 0 Å². The van der Waals surface area contributed by atoms with E-state index < -0.39 is 5.91 Å². The summed E-state index contributed by atoms with van der Waals surface area (Å²) >= 11 is 5.95. The van der Waals surface area contributed by atoms with Crippen molar-refractivity contribution in [3.8, 4) is 5.75 Å². The lowest BCUT2D eigenvalue weighted by atomic mass is 10.1. The molecule has 0 aliphatic carbocycles. The van der Waals surface area contributed by atoms with E-state index in [0.717, 1.165) is 5.56 Å². The van der Waals surface area contributed by atoms with Gasteiger partial charge in [-0.25, -0.2) is 0 Å². The number of nitrogens with one attached hydrogen (secondary N) is 3. The van der Waals surface area contributed by atoms with Crippen molar-refractivity contribution >= 4 is 35.0 Å². The van der Waals surface area contributed by atoms with Gasteiger partial charge in [-0.3, -0.25) is 25.2 Å². The second-order valence-corrected chi connectivity index (χ2v) is 6.06. The first-order valence-electron chi connectivity index (χ1n) is 8.23. The summed E-state index contributed by atoms with van der Waals surface area (Å²) in [5, 5.41) is 3.04. The van der Waals surface area contributed by atoms with E-state index in [1.807, 2.05) is 0 Å². The highest BCUT2D eigenvalue weighted by Gasteiger charge is 2.10. The summed E-state index contributed by atoms with van der Waals surface area (Å²) in [6.07, 6.45) is 0.00176. The predicted molar refractivity (Wildman–Crippen MR) is 102 cm³/mol. The van der Waals surface area contributed by atoms with Gasteiger partial charge >= 0.3 is 0 Å². The van der Waals surface area contributed by atoms with Crippen molar-refractivity contribution in [3.05, 3.63) is 59.1 Å². The van der Waals surface area contributed by atoms with Gasteiger partial charge in [-0.2, -0.15) is 0 Å². The Morgan fingerprint density at radius 3 is 2.19 bits per heavy atom. The van der Waals surface area contributed by atoms with Gasteiger partial charge in [-0.05, 0) is 29.8 Å². The number of anilines is 1. The second-order valence-electron chi connectivity index (χ2n) is 5.65. The molecule has 2 rings (SSSR count). The highest BCUT2D eigenvalue weighted by atomic mass is 35.5. The summed E-state index contributed by atoms with van der Waals surface area (Å²) in [6.45, 7) is 0. The summed E-state index contributed by atoms with van der Waals surface area (Å²) in [5.41, 5.74) is 5.87. The fourth-order valence-electron chi connectivity index (χ4n) is 2.18. The minimum atomic E-state index is -0.465. The Morgan fingerprint density at radius 2 is 1.52 bits per heavy atom. The van der Waals surface area contributed by atoms with Crippen LogP contribution in [0.4, 0.5) is 5.69 Å². The van der Waals surface area contributed by atoms with Gasteiger partial charge < -0.3 is 10.1 Å². The molecular formula is C19H20ClN3O4. The number of methoxy groups -OCH3 is 1. The van der Waals surface area contributed by atoms with Gasteiger partial charge in [-0.1, -0.05) is 35.9 Å². The Labute approximate surface area is 162 Å². The Bertz CT molecular complexity index is 809. The lowest BCUT2D eigenvalue weighted by Crippen LogP contribution is -2.42. The molecule has 0 bridgehead atoms. The van der Waals surface area contributed by atoms with E-state index >= 15 is 0 Å². The number of carbonyl (C=O) groups is 3. The molecule has 142 valence electrons. The van der Waals surface area contributed by atoms with Gasteiger partial charge in [0.15, 0.2) is 0 Å². The van der Waals surface area contributed by atoms with Crippen molar-refractivity contribution in [2.75, 3.05) is 12.4 Å². The Hall–Kier alpha value is -3.06. The van der Waals surface area contributed by atoms with E-state index in [-0.39, 0.29) is 31.1 Å². The minimum absolute atomic E-state index is 0.0363.